The van der Waals surface area contributed by atoms with E-state index >= 15 is 0 Å². The quantitative estimate of drug-likeness (QED) is 0.536. The van der Waals surface area contributed by atoms with Crippen LogP contribution in [0, 0.1) is 0 Å². The number of carbonyl (C=O) groups excluding carboxylic acids is 1. The zero-order valence-electron chi connectivity index (χ0n) is 16.4. The highest BCUT2D eigenvalue weighted by atomic mass is 32.2. The number of nitrogens with zero attached hydrogens (tertiary/aromatic N) is 3. The first-order chi connectivity index (χ1) is 14.0. The molecule has 2 heterocycles. The van der Waals surface area contributed by atoms with Crippen molar-refractivity contribution in [2.75, 3.05) is 11.2 Å². The van der Waals surface area contributed by atoms with Crippen LogP contribution in [-0.2, 0) is 4.79 Å². The molecule has 0 spiro atoms. The van der Waals surface area contributed by atoms with Gasteiger partial charge in [-0.3, -0.25) is 14.6 Å². The number of benzene rings is 2. The van der Waals surface area contributed by atoms with Gasteiger partial charge in [-0.25, -0.2) is 4.90 Å². The predicted octanol–water partition coefficient (Wildman–Crippen LogP) is 3.41. The van der Waals surface area contributed by atoms with Gasteiger partial charge in [-0.15, -0.1) is 0 Å². The van der Waals surface area contributed by atoms with Gasteiger partial charge in [0.05, 0.1) is 11.3 Å². The molecule has 1 aliphatic heterocycles. The van der Waals surface area contributed by atoms with Crippen LogP contribution in [0.1, 0.15) is 25.6 Å². The number of amides is 1. The van der Waals surface area contributed by atoms with Gasteiger partial charge >= 0.3 is 11.3 Å². The Balaban J connectivity index is 2.01. The van der Waals surface area contributed by atoms with E-state index in [2.05, 4.69) is 10.1 Å². The van der Waals surface area contributed by atoms with Gasteiger partial charge in [0.15, 0.2) is 0 Å². The van der Waals surface area contributed by atoms with Crippen LogP contribution in [0.3, 0.4) is 0 Å². The minimum atomic E-state index is -0.536. The zero-order valence-corrected chi connectivity index (χ0v) is 17.2. The second kappa shape index (κ2) is 7.67. The van der Waals surface area contributed by atoms with Crippen molar-refractivity contribution in [1.29, 1.82) is 0 Å². The summed E-state index contributed by atoms with van der Waals surface area (Å²) < 4.78 is 1.67. The normalized spacial score (nSPS) is 15.6. The van der Waals surface area contributed by atoms with Crippen LogP contribution in [0.5, 0.6) is 0 Å². The number of carbonyl (C=O) groups is 1. The highest BCUT2D eigenvalue weighted by Crippen LogP contribution is 2.37. The molecule has 1 N–H and O–H groups in total. The lowest BCUT2D eigenvalue weighted by atomic mass is 10.0. The van der Waals surface area contributed by atoms with Crippen LogP contribution < -0.4 is 15.1 Å². The first-order valence-corrected chi connectivity index (χ1v) is 10.5. The number of hydrogen-bond donors (Lipinski definition) is 1. The molecule has 3 aromatic rings. The van der Waals surface area contributed by atoms with Crippen molar-refractivity contribution in [2.24, 2.45) is 0 Å². The van der Waals surface area contributed by atoms with E-state index in [1.54, 1.807) is 9.58 Å². The third kappa shape index (κ3) is 3.38. The lowest BCUT2D eigenvalue weighted by molar-refractivity contribution is -0.763. The van der Waals surface area contributed by atoms with E-state index in [1.165, 1.54) is 18.7 Å². The van der Waals surface area contributed by atoms with Gasteiger partial charge in [0.25, 0.3) is 6.17 Å². The van der Waals surface area contributed by atoms with Crippen LogP contribution in [0.15, 0.2) is 70.1 Å². The minimum absolute atomic E-state index is 0.116. The third-order valence-corrected chi connectivity index (χ3v) is 5.46. The molecule has 0 bridgehead atoms. The molecule has 0 fully saturated rings. The smallest absolute Gasteiger partial charge is 0.291 e. The van der Waals surface area contributed by atoms with Gasteiger partial charge in [-0.1, -0.05) is 54.2 Å². The first kappa shape index (κ1) is 19.1. The van der Waals surface area contributed by atoms with Crippen molar-refractivity contribution in [3.8, 4) is 11.3 Å². The lowest BCUT2D eigenvalue weighted by Gasteiger charge is -2.31. The second-order valence-electron chi connectivity index (χ2n) is 6.84. The number of aromatic nitrogens is 3. The average molecular weight is 406 g/mol. The van der Waals surface area contributed by atoms with Crippen molar-refractivity contribution in [3.63, 3.8) is 0 Å². The Hall–Kier alpha value is -3.19. The molecule has 146 valence electrons. The molecule has 7 heteroatoms. The molecule has 1 atom stereocenters. The number of thioether (sulfide) groups is 1. The SMILES string of the molecule is CSc1n[n+]2c(c(=O)[nH]1)-c1ccccc1N(C(C)=O)C2/C(C)=C/c1ccccc1. The summed E-state index contributed by atoms with van der Waals surface area (Å²) in [6.07, 6.45) is 3.34. The van der Waals surface area contributed by atoms with Gasteiger partial charge in [-0.05, 0) is 41.6 Å². The molecule has 6 nitrogen and oxygen atoms in total. The summed E-state index contributed by atoms with van der Waals surface area (Å²) in [5, 5.41) is 5.16. The van der Waals surface area contributed by atoms with Gasteiger partial charge in [0.2, 0.25) is 11.1 Å². The zero-order chi connectivity index (χ0) is 20.5. The highest BCUT2D eigenvalue weighted by Gasteiger charge is 2.44. The van der Waals surface area contributed by atoms with Crippen molar-refractivity contribution < 1.29 is 9.48 Å². The summed E-state index contributed by atoms with van der Waals surface area (Å²) in [5.74, 6) is -0.116. The third-order valence-electron chi connectivity index (χ3n) is 4.89. The topological polar surface area (TPSA) is 69.9 Å². The number of anilines is 1. The van der Waals surface area contributed by atoms with Crippen molar-refractivity contribution >= 4 is 29.4 Å². The van der Waals surface area contributed by atoms with Crippen LogP contribution in [0.4, 0.5) is 5.69 Å². The Morgan fingerprint density at radius 2 is 1.83 bits per heavy atom. The Labute approximate surface area is 172 Å². The van der Waals surface area contributed by atoms with Crippen molar-refractivity contribution in [3.05, 3.63) is 76.1 Å². The number of aromatic amines is 1. The average Bonchev–Trinajstić information content (AvgIpc) is 2.72. The molecule has 1 unspecified atom stereocenters. The largest absolute Gasteiger partial charge is 0.325 e. The number of rotatable bonds is 3. The summed E-state index contributed by atoms with van der Waals surface area (Å²) >= 11 is 1.35. The number of nitrogens with one attached hydrogen (secondary N) is 1. The van der Waals surface area contributed by atoms with Crippen LogP contribution >= 0.6 is 11.8 Å². The van der Waals surface area contributed by atoms with E-state index in [0.29, 0.717) is 22.1 Å². The molecule has 2 aromatic carbocycles. The molecule has 0 aliphatic carbocycles. The van der Waals surface area contributed by atoms with Gasteiger partial charge in [0.1, 0.15) is 0 Å². The second-order valence-corrected chi connectivity index (χ2v) is 7.63. The summed E-state index contributed by atoms with van der Waals surface area (Å²) in [6.45, 7) is 3.49. The molecule has 29 heavy (non-hydrogen) atoms. The fourth-order valence-electron chi connectivity index (χ4n) is 3.70. The molecule has 0 radical (unpaired) electrons. The Morgan fingerprint density at radius 3 is 2.52 bits per heavy atom. The van der Waals surface area contributed by atoms with Gasteiger partial charge < -0.3 is 0 Å². The maximum atomic E-state index is 13.0. The molecular formula is C22H21N4O2S+. The Kier molecular flexibility index (Phi) is 5.07. The van der Waals surface area contributed by atoms with E-state index in [4.69, 9.17) is 0 Å². The van der Waals surface area contributed by atoms with Crippen molar-refractivity contribution in [1.82, 2.24) is 10.1 Å². The fourth-order valence-corrected chi connectivity index (χ4v) is 4.06. The van der Waals surface area contributed by atoms with Crippen molar-refractivity contribution in [2.45, 2.75) is 25.2 Å². The monoisotopic (exact) mass is 405 g/mol. The van der Waals surface area contributed by atoms with Gasteiger partial charge in [-0.2, -0.15) is 0 Å². The molecule has 1 aromatic heterocycles. The number of fused-ring (bicyclic) bond motifs is 3. The number of para-hydroxylation sites is 1. The van der Waals surface area contributed by atoms with E-state index in [0.717, 1.165) is 11.1 Å². The molecular weight excluding hydrogens is 384 g/mol. The van der Waals surface area contributed by atoms with E-state index < -0.39 is 6.17 Å². The van der Waals surface area contributed by atoms with E-state index in [1.807, 2.05) is 73.9 Å². The highest BCUT2D eigenvalue weighted by molar-refractivity contribution is 7.98. The fraction of sp³-hybridized carbons (Fsp3) is 0.182. The van der Waals surface area contributed by atoms with Crippen LogP contribution in [0.25, 0.3) is 17.3 Å². The lowest BCUT2D eigenvalue weighted by Crippen LogP contribution is -2.60. The summed E-state index contributed by atoms with van der Waals surface area (Å²) in [6, 6.07) is 17.3. The molecule has 1 aliphatic rings. The molecule has 0 saturated carbocycles. The standard InChI is InChI=1S/C22H20N4O2S/c1-14(13-16-9-5-4-6-10-16)21-25(15(2)27)18-12-8-7-11-17(18)19-20(28)23-22(29-3)24-26(19)21/h4-13,21H,1-3H3/p+1/b14-13+. The van der Waals surface area contributed by atoms with Crippen LogP contribution in [0.2, 0.25) is 0 Å². The van der Waals surface area contributed by atoms with E-state index in [9.17, 15) is 9.59 Å². The summed E-state index contributed by atoms with van der Waals surface area (Å²) in [4.78, 5) is 30.2. The summed E-state index contributed by atoms with van der Waals surface area (Å²) in [7, 11) is 0. The number of H-pyrrole nitrogens is 1. The Bertz CT molecular complexity index is 1170. The maximum Gasteiger partial charge on any atom is 0.325 e. The first-order valence-electron chi connectivity index (χ1n) is 9.24. The minimum Gasteiger partial charge on any atom is -0.291 e. The molecule has 0 saturated heterocycles. The Morgan fingerprint density at radius 1 is 1.14 bits per heavy atom. The molecule has 4 rings (SSSR count). The van der Waals surface area contributed by atoms with Crippen LogP contribution in [-0.4, -0.2) is 22.2 Å². The summed E-state index contributed by atoms with van der Waals surface area (Å²) in [5.41, 5.74) is 3.53. The van der Waals surface area contributed by atoms with E-state index in [-0.39, 0.29) is 11.5 Å². The van der Waals surface area contributed by atoms with Gasteiger partial charge in [0, 0.05) is 17.6 Å². The number of hydrogen-bond acceptors (Lipinski definition) is 4. The predicted molar refractivity (Wildman–Crippen MR) is 115 cm³/mol. The maximum absolute atomic E-state index is 13.0. The molecule has 1 amide bonds.